The summed E-state index contributed by atoms with van der Waals surface area (Å²) in [5.41, 5.74) is 1.95. The van der Waals surface area contributed by atoms with Crippen LogP contribution >= 0.6 is 22.9 Å². The molecule has 0 unspecified atom stereocenters. The molecule has 0 bridgehead atoms. The first-order valence-corrected chi connectivity index (χ1v) is 9.09. The highest BCUT2D eigenvalue weighted by Crippen LogP contribution is 2.23. The van der Waals surface area contributed by atoms with E-state index in [0.29, 0.717) is 29.6 Å². The van der Waals surface area contributed by atoms with Crippen molar-refractivity contribution in [2.24, 2.45) is 0 Å². The first-order valence-electron chi connectivity index (χ1n) is 7.84. The predicted molar refractivity (Wildman–Crippen MR) is 99.4 cm³/mol. The number of benzene rings is 1. The van der Waals surface area contributed by atoms with Crippen LogP contribution in [0.3, 0.4) is 0 Å². The van der Waals surface area contributed by atoms with Crippen LogP contribution in [0.1, 0.15) is 20.8 Å². The van der Waals surface area contributed by atoms with Gasteiger partial charge in [-0.05, 0) is 48.2 Å². The van der Waals surface area contributed by atoms with Gasteiger partial charge in [0.2, 0.25) is 0 Å². The van der Waals surface area contributed by atoms with Crippen LogP contribution in [-0.4, -0.2) is 22.2 Å². The predicted octanol–water partition coefficient (Wildman–Crippen LogP) is 3.92. The maximum Gasteiger partial charge on any atom is 0.261 e. The first kappa shape index (κ1) is 17.5. The highest BCUT2D eigenvalue weighted by atomic mass is 35.5. The minimum Gasteiger partial charge on any atom is -0.489 e. The molecular weight excluding hydrogens is 358 g/mol. The number of ether oxygens (including phenoxy) is 1. The minimum absolute atomic E-state index is 0.0777. The normalized spacial score (nSPS) is 10.6. The van der Waals surface area contributed by atoms with E-state index >= 15 is 0 Å². The standard InChI is InChI=1S/C18H18ClN3O2S/c1-13-9-15(19)3-4-16(13)24-11-14-10-17(25-12-14)18(23)20-6-8-22-7-2-5-21-22/h2-5,7,9-10,12H,6,8,11H2,1H3,(H,20,23). The van der Waals surface area contributed by atoms with E-state index in [1.54, 1.807) is 16.9 Å². The van der Waals surface area contributed by atoms with Crippen molar-refractivity contribution in [2.45, 2.75) is 20.1 Å². The number of carbonyl (C=O) groups excluding carboxylic acids is 1. The highest BCUT2D eigenvalue weighted by Gasteiger charge is 2.09. The lowest BCUT2D eigenvalue weighted by molar-refractivity contribution is 0.0956. The number of thiophene rings is 1. The summed E-state index contributed by atoms with van der Waals surface area (Å²) in [6, 6.07) is 9.24. The molecule has 2 heterocycles. The molecule has 0 aliphatic heterocycles. The number of hydrogen-bond acceptors (Lipinski definition) is 4. The third kappa shape index (κ3) is 4.84. The molecule has 1 N–H and O–H groups in total. The van der Waals surface area contributed by atoms with Gasteiger partial charge in [0.05, 0.1) is 11.4 Å². The Labute approximate surface area is 155 Å². The molecule has 5 nitrogen and oxygen atoms in total. The SMILES string of the molecule is Cc1cc(Cl)ccc1OCc1csc(C(=O)NCCn2cccn2)c1. The van der Waals surface area contributed by atoms with E-state index in [2.05, 4.69) is 10.4 Å². The summed E-state index contributed by atoms with van der Waals surface area (Å²) < 4.78 is 7.59. The van der Waals surface area contributed by atoms with Gasteiger partial charge in [-0.3, -0.25) is 9.48 Å². The first-order chi connectivity index (χ1) is 12.1. The molecule has 0 fully saturated rings. The zero-order chi connectivity index (χ0) is 17.6. The zero-order valence-corrected chi connectivity index (χ0v) is 15.3. The van der Waals surface area contributed by atoms with E-state index in [1.807, 2.05) is 42.8 Å². The van der Waals surface area contributed by atoms with Crippen LogP contribution in [0, 0.1) is 6.92 Å². The Morgan fingerprint density at radius 1 is 1.40 bits per heavy atom. The van der Waals surface area contributed by atoms with Crippen molar-refractivity contribution in [1.29, 1.82) is 0 Å². The topological polar surface area (TPSA) is 56.1 Å². The minimum atomic E-state index is -0.0777. The van der Waals surface area contributed by atoms with Crippen molar-refractivity contribution >= 4 is 28.8 Å². The summed E-state index contributed by atoms with van der Waals surface area (Å²) in [5, 5.41) is 9.62. The molecule has 1 aromatic carbocycles. The maximum atomic E-state index is 12.2. The lowest BCUT2D eigenvalue weighted by Crippen LogP contribution is -2.26. The summed E-state index contributed by atoms with van der Waals surface area (Å²) in [7, 11) is 0. The van der Waals surface area contributed by atoms with E-state index < -0.39 is 0 Å². The molecule has 7 heteroatoms. The molecule has 25 heavy (non-hydrogen) atoms. The quantitative estimate of drug-likeness (QED) is 0.681. The number of aryl methyl sites for hydroxylation is 1. The smallest absolute Gasteiger partial charge is 0.261 e. The van der Waals surface area contributed by atoms with Crippen molar-refractivity contribution in [3.63, 3.8) is 0 Å². The Hall–Kier alpha value is -2.31. The van der Waals surface area contributed by atoms with Crippen molar-refractivity contribution in [1.82, 2.24) is 15.1 Å². The van der Waals surface area contributed by atoms with Gasteiger partial charge < -0.3 is 10.1 Å². The number of halogens is 1. The Bertz CT molecular complexity index is 846. The molecule has 0 atom stereocenters. The molecule has 3 aromatic rings. The second-order valence-corrected chi connectivity index (χ2v) is 6.89. The fraction of sp³-hybridized carbons (Fsp3) is 0.222. The number of nitrogens with zero attached hydrogens (tertiary/aromatic N) is 2. The van der Waals surface area contributed by atoms with Crippen LogP contribution < -0.4 is 10.1 Å². The van der Waals surface area contributed by atoms with Crippen LogP contribution in [0.2, 0.25) is 5.02 Å². The number of carbonyl (C=O) groups is 1. The molecular formula is C18H18ClN3O2S. The van der Waals surface area contributed by atoms with Gasteiger partial charge in [-0.15, -0.1) is 11.3 Å². The molecule has 130 valence electrons. The summed E-state index contributed by atoms with van der Waals surface area (Å²) in [5.74, 6) is 0.715. The monoisotopic (exact) mass is 375 g/mol. The molecule has 0 saturated heterocycles. The molecule has 1 amide bonds. The third-order valence-corrected chi connectivity index (χ3v) is 4.81. The molecule has 2 aromatic heterocycles. The molecule has 0 aliphatic rings. The third-order valence-electron chi connectivity index (χ3n) is 3.59. The Kier molecular flexibility index (Phi) is 5.73. The van der Waals surface area contributed by atoms with Crippen LogP contribution in [0.25, 0.3) is 0 Å². The van der Waals surface area contributed by atoms with Gasteiger partial charge in [0.15, 0.2) is 0 Å². The molecule has 0 aliphatic carbocycles. The van der Waals surface area contributed by atoms with Crippen molar-refractivity contribution in [3.05, 3.63) is 69.1 Å². The van der Waals surface area contributed by atoms with Crippen LogP contribution in [-0.2, 0) is 13.2 Å². The van der Waals surface area contributed by atoms with Gasteiger partial charge in [-0.25, -0.2) is 0 Å². The van der Waals surface area contributed by atoms with E-state index in [9.17, 15) is 4.79 Å². The number of aromatic nitrogens is 2. The average molecular weight is 376 g/mol. The van der Waals surface area contributed by atoms with Gasteiger partial charge in [-0.2, -0.15) is 5.10 Å². The Balaban J connectivity index is 1.50. The van der Waals surface area contributed by atoms with Crippen LogP contribution in [0.15, 0.2) is 48.1 Å². The molecule has 3 rings (SSSR count). The second kappa shape index (κ2) is 8.18. The zero-order valence-electron chi connectivity index (χ0n) is 13.7. The van der Waals surface area contributed by atoms with E-state index in [4.69, 9.17) is 16.3 Å². The molecule has 0 radical (unpaired) electrons. The largest absolute Gasteiger partial charge is 0.489 e. The highest BCUT2D eigenvalue weighted by molar-refractivity contribution is 7.12. The number of rotatable bonds is 7. The van der Waals surface area contributed by atoms with Gasteiger partial charge >= 0.3 is 0 Å². The lowest BCUT2D eigenvalue weighted by Gasteiger charge is -2.08. The van der Waals surface area contributed by atoms with E-state index in [-0.39, 0.29) is 5.91 Å². The van der Waals surface area contributed by atoms with Crippen molar-refractivity contribution < 1.29 is 9.53 Å². The van der Waals surface area contributed by atoms with Gasteiger partial charge in [-0.1, -0.05) is 11.6 Å². The van der Waals surface area contributed by atoms with Gasteiger partial charge in [0, 0.05) is 29.5 Å². The van der Waals surface area contributed by atoms with Crippen LogP contribution in [0.5, 0.6) is 5.75 Å². The Morgan fingerprint density at radius 2 is 2.28 bits per heavy atom. The van der Waals surface area contributed by atoms with E-state index in [1.165, 1.54) is 11.3 Å². The molecule has 0 spiro atoms. The number of hydrogen-bond donors (Lipinski definition) is 1. The van der Waals surface area contributed by atoms with Crippen molar-refractivity contribution in [3.8, 4) is 5.75 Å². The number of nitrogens with one attached hydrogen (secondary N) is 1. The fourth-order valence-electron chi connectivity index (χ4n) is 2.31. The second-order valence-electron chi connectivity index (χ2n) is 5.54. The van der Waals surface area contributed by atoms with E-state index in [0.717, 1.165) is 16.9 Å². The van der Waals surface area contributed by atoms with Crippen LogP contribution in [0.4, 0.5) is 0 Å². The fourth-order valence-corrected chi connectivity index (χ4v) is 3.35. The Morgan fingerprint density at radius 3 is 3.04 bits per heavy atom. The summed E-state index contributed by atoms with van der Waals surface area (Å²) in [6.45, 7) is 3.55. The number of amides is 1. The van der Waals surface area contributed by atoms with Crippen molar-refractivity contribution in [2.75, 3.05) is 6.54 Å². The van der Waals surface area contributed by atoms with Gasteiger partial charge in [0.1, 0.15) is 12.4 Å². The summed E-state index contributed by atoms with van der Waals surface area (Å²) in [4.78, 5) is 12.8. The molecule has 0 saturated carbocycles. The lowest BCUT2D eigenvalue weighted by atomic mass is 10.2. The average Bonchev–Trinajstić information content (AvgIpc) is 3.25. The summed E-state index contributed by atoms with van der Waals surface area (Å²) in [6.07, 6.45) is 3.58. The van der Waals surface area contributed by atoms with Gasteiger partial charge in [0.25, 0.3) is 5.91 Å². The summed E-state index contributed by atoms with van der Waals surface area (Å²) >= 11 is 7.35. The maximum absolute atomic E-state index is 12.2.